The highest BCUT2D eigenvalue weighted by atomic mass is 28.3. The van der Waals surface area contributed by atoms with Gasteiger partial charge in [0.15, 0.2) is 0 Å². The van der Waals surface area contributed by atoms with Crippen molar-refractivity contribution in [2.24, 2.45) is 0 Å². The van der Waals surface area contributed by atoms with Gasteiger partial charge in [0.1, 0.15) is 0 Å². The first-order valence-corrected chi connectivity index (χ1v) is 11.7. The van der Waals surface area contributed by atoms with E-state index < -0.39 is 8.07 Å². The largest absolute Gasteiger partial charge is 0.384 e. The molecular weight excluding hydrogens is 316 g/mol. The second kappa shape index (κ2) is 6.41. The minimum Gasteiger partial charge on any atom is -0.384 e. The lowest BCUT2D eigenvalue weighted by atomic mass is 10.1. The van der Waals surface area contributed by atoms with E-state index in [0.717, 1.165) is 23.2 Å². The van der Waals surface area contributed by atoms with E-state index in [1.807, 2.05) is 52.4 Å². The summed E-state index contributed by atoms with van der Waals surface area (Å²) >= 11 is 0. The van der Waals surface area contributed by atoms with Crippen LogP contribution in [0.15, 0.2) is 54.0 Å². The van der Waals surface area contributed by atoms with Crippen molar-refractivity contribution in [3.63, 3.8) is 0 Å². The lowest BCUT2D eigenvalue weighted by Crippen LogP contribution is -2.37. The molecule has 0 saturated carbocycles. The van der Waals surface area contributed by atoms with Gasteiger partial charge in [-0.15, -0.1) is 0 Å². The maximum Gasteiger partial charge on any atom is 0.278 e. The Bertz CT molecular complexity index is 773. The predicted molar refractivity (Wildman–Crippen MR) is 100 cm³/mol. The summed E-state index contributed by atoms with van der Waals surface area (Å²) in [5, 5.41) is 3.17. The maximum absolute atomic E-state index is 13.1. The molecule has 0 fully saturated rings. The van der Waals surface area contributed by atoms with Crippen LogP contribution in [0.5, 0.6) is 0 Å². The lowest BCUT2D eigenvalue weighted by Gasteiger charge is -2.29. The molecule has 2 aromatic rings. The van der Waals surface area contributed by atoms with Crippen molar-refractivity contribution in [3.8, 4) is 0 Å². The zero-order chi connectivity index (χ0) is 17.3. The van der Waals surface area contributed by atoms with Gasteiger partial charge in [0.05, 0.1) is 19.3 Å². The number of carbonyl (C=O) groups is 1. The number of ether oxygens (including phenoxy) is 1. The maximum atomic E-state index is 13.1. The second-order valence-corrected chi connectivity index (χ2v) is 12.1. The van der Waals surface area contributed by atoms with Gasteiger partial charge in [-0.2, -0.15) is 0 Å². The van der Waals surface area contributed by atoms with Gasteiger partial charge in [-0.05, 0) is 24.6 Å². The Morgan fingerprint density at radius 2 is 1.67 bits per heavy atom. The first-order valence-electron chi connectivity index (χ1n) is 8.25. The number of aromatic nitrogens is 1. The number of carbonyl (C=O) groups excluding carboxylic acids is 1. The molecule has 0 N–H and O–H groups in total. The summed E-state index contributed by atoms with van der Waals surface area (Å²) in [6, 6.07) is 11.8. The molecule has 0 atom stereocenters. The van der Waals surface area contributed by atoms with Crippen LogP contribution in [0.4, 0.5) is 0 Å². The fourth-order valence-corrected chi connectivity index (χ4v) is 5.03. The van der Waals surface area contributed by atoms with E-state index in [0.29, 0.717) is 6.61 Å². The molecule has 0 aliphatic carbocycles. The average Bonchev–Trinajstić information content (AvgIpc) is 3.14. The summed E-state index contributed by atoms with van der Waals surface area (Å²) in [4.78, 5) is 13.1. The van der Waals surface area contributed by atoms with Gasteiger partial charge < -0.3 is 4.74 Å². The van der Waals surface area contributed by atoms with Crippen molar-refractivity contribution < 1.29 is 9.53 Å². The van der Waals surface area contributed by atoms with Gasteiger partial charge in [0, 0.05) is 31.7 Å². The van der Waals surface area contributed by atoms with E-state index in [9.17, 15) is 4.79 Å². The van der Waals surface area contributed by atoms with Crippen LogP contribution in [-0.4, -0.2) is 32.4 Å². The third-order valence-electron chi connectivity index (χ3n) is 4.38. The highest BCUT2D eigenvalue weighted by molar-refractivity contribution is 6.84. The Labute approximate surface area is 144 Å². The molecule has 2 heterocycles. The van der Waals surface area contributed by atoms with Crippen molar-refractivity contribution >= 4 is 19.7 Å². The molecule has 5 heteroatoms. The highest BCUT2D eigenvalue weighted by Gasteiger charge is 2.38. The minimum absolute atomic E-state index is 0.0324. The molecule has 0 saturated heterocycles. The third kappa shape index (κ3) is 2.85. The SMILES string of the molecule is COCC/C(=C1/c2ccccc2C(=O)N1n1cccc1)[Si](C)(C)C. The number of hydrogen-bond acceptors (Lipinski definition) is 2. The third-order valence-corrected chi connectivity index (χ3v) is 6.68. The minimum atomic E-state index is -1.65. The molecule has 1 aromatic carbocycles. The van der Waals surface area contributed by atoms with Gasteiger partial charge in [-0.1, -0.05) is 43.0 Å². The molecule has 1 amide bonds. The van der Waals surface area contributed by atoms with Crippen molar-refractivity contribution in [1.82, 2.24) is 4.68 Å². The summed E-state index contributed by atoms with van der Waals surface area (Å²) in [6.07, 6.45) is 4.69. The molecule has 0 spiro atoms. The van der Waals surface area contributed by atoms with E-state index in [2.05, 4.69) is 25.7 Å². The van der Waals surface area contributed by atoms with Gasteiger partial charge in [-0.25, -0.2) is 5.01 Å². The molecule has 3 rings (SSSR count). The van der Waals surface area contributed by atoms with E-state index in [1.54, 1.807) is 7.11 Å². The zero-order valence-electron chi connectivity index (χ0n) is 14.7. The Hall–Kier alpha value is -2.11. The fraction of sp³-hybridized carbons (Fsp3) is 0.316. The fourth-order valence-electron chi connectivity index (χ4n) is 3.23. The summed E-state index contributed by atoms with van der Waals surface area (Å²) in [5.41, 5.74) is 2.85. The number of hydrogen-bond donors (Lipinski definition) is 0. The molecule has 0 radical (unpaired) electrons. The van der Waals surface area contributed by atoms with Crippen LogP contribution >= 0.6 is 0 Å². The van der Waals surface area contributed by atoms with Crippen molar-refractivity contribution in [3.05, 3.63) is 65.1 Å². The summed E-state index contributed by atoms with van der Waals surface area (Å²) in [5.74, 6) is 0.0324. The van der Waals surface area contributed by atoms with Crippen LogP contribution in [0.2, 0.25) is 19.6 Å². The number of benzene rings is 1. The normalized spacial score (nSPS) is 16.5. The Morgan fingerprint density at radius 3 is 2.25 bits per heavy atom. The van der Waals surface area contributed by atoms with Crippen molar-refractivity contribution in [2.75, 3.05) is 18.7 Å². The van der Waals surface area contributed by atoms with E-state index in [1.165, 1.54) is 5.20 Å². The van der Waals surface area contributed by atoms with Gasteiger partial charge in [0.25, 0.3) is 5.91 Å². The molecule has 126 valence electrons. The summed E-state index contributed by atoms with van der Waals surface area (Å²) in [6.45, 7) is 7.64. The molecule has 4 nitrogen and oxygen atoms in total. The second-order valence-electron chi connectivity index (χ2n) is 7.05. The molecule has 1 aromatic heterocycles. The quantitative estimate of drug-likeness (QED) is 0.774. The standard InChI is InChI=1S/C19H24N2O2Si/c1-23-14-11-17(24(2,3)4)18-15-9-5-6-10-16(15)19(22)21(18)20-12-7-8-13-20/h5-10,12-13H,11,14H2,1-4H3/b18-17+. The van der Waals surface area contributed by atoms with Gasteiger partial charge >= 0.3 is 0 Å². The Morgan fingerprint density at radius 1 is 1.04 bits per heavy atom. The first kappa shape index (κ1) is 16.7. The van der Waals surface area contributed by atoms with Crippen LogP contribution in [0.3, 0.4) is 0 Å². The summed E-state index contributed by atoms with van der Waals surface area (Å²) in [7, 11) is 0.0773. The predicted octanol–water partition coefficient (Wildman–Crippen LogP) is 3.91. The van der Waals surface area contributed by atoms with Crippen LogP contribution in [0.25, 0.3) is 5.70 Å². The summed E-state index contributed by atoms with van der Waals surface area (Å²) < 4.78 is 7.23. The Balaban J connectivity index is 2.26. The monoisotopic (exact) mass is 340 g/mol. The van der Waals surface area contributed by atoms with Crippen LogP contribution in [-0.2, 0) is 4.74 Å². The Kier molecular flexibility index (Phi) is 4.47. The van der Waals surface area contributed by atoms with Crippen molar-refractivity contribution in [2.45, 2.75) is 26.1 Å². The van der Waals surface area contributed by atoms with E-state index in [4.69, 9.17) is 4.74 Å². The van der Waals surface area contributed by atoms with Crippen LogP contribution in [0.1, 0.15) is 22.3 Å². The first-order chi connectivity index (χ1) is 11.4. The molecule has 0 bridgehead atoms. The van der Waals surface area contributed by atoms with Crippen LogP contribution < -0.4 is 5.01 Å². The number of fused-ring (bicyclic) bond motifs is 1. The number of rotatable bonds is 5. The van der Waals surface area contributed by atoms with Crippen molar-refractivity contribution in [1.29, 1.82) is 0 Å². The van der Waals surface area contributed by atoms with Gasteiger partial charge in [0.2, 0.25) is 0 Å². The van der Waals surface area contributed by atoms with Crippen LogP contribution in [0, 0.1) is 0 Å². The number of amides is 1. The molecule has 0 unspecified atom stereocenters. The number of nitrogens with zero attached hydrogens (tertiary/aromatic N) is 2. The highest BCUT2D eigenvalue weighted by Crippen LogP contribution is 2.37. The average molecular weight is 340 g/mol. The molecule has 1 aliphatic rings. The molecular formula is C19H24N2O2Si. The van der Waals surface area contributed by atoms with E-state index in [-0.39, 0.29) is 5.91 Å². The van der Waals surface area contributed by atoms with Gasteiger partial charge in [-0.3, -0.25) is 9.47 Å². The smallest absolute Gasteiger partial charge is 0.278 e. The number of methoxy groups -OCH3 is 1. The lowest BCUT2D eigenvalue weighted by molar-refractivity contribution is 0.0984. The topological polar surface area (TPSA) is 34.5 Å². The van der Waals surface area contributed by atoms with E-state index >= 15 is 0 Å². The molecule has 24 heavy (non-hydrogen) atoms. The molecule has 1 aliphatic heterocycles. The zero-order valence-corrected chi connectivity index (χ0v) is 15.7.